The Labute approximate surface area is 153 Å². The van der Waals surface area contributed by atoms with E-state index < -0.39 is 0 Å². The maximum absolute atomic E-state index is 5.09. The van der Waals surface area contributed by atoms with Gasteiger partial charge in [-0.05, 0) is 41.0 Å². The molecule has 1 saturated carbocycles. The van der Waals surface area contributed by atoms with E-state index in [2.05, 4.69) is 97.1 Å². The number of rotatable bonds is 2. The van der Waals surface area contributed by atoms with Crippen molar-refractivity contribution in [2.75, 3.05) is 0 Å². The van der Waals surface area contributed by atoms with Crippen LogP contribution in [0.1, 0.15) is 5.69 Å². The first kappa shape index (κ1) is 14.3. The number of pyridine rings is 1. The first-order valence-electron chi connectivity index (χ1n) is 9.38. The van der Waals surface area contributed by atoms with Crippen LogP contribution in [0.3, 0.4) is 0 Å². The van der Waals surface area contributed by atoms with Gasteiger partial charge in [-0.1, -0.05) is 85.0 Å². The highest BCUT2D eigenvalue weighted by Gasteiger charge is 2.49. The topological polar surface area (TPSA) is 12.9 Å². The van der Waals surface area contributed by atoms with E-state index in [1.165, 1.54) is 16.5 Å². The number of allylic oxidation sites excluding steroid dienone is 6. The Bertz CT molecular complexity index is 1050. The van der Waals surface area contributed by atoms with Crippen LogP contribution >= 0.6 is 0 Å². The molecule has 0 saturated heterocycles. The number of fused-ring (bicyclic) bond motifs is 1. The van der Waals surface area contributed by atoms with Crippen molar-refractivity contribution in [1.29, 1.82) is 0 Å². The fraction of sp³-hybridized carbons (Fsp3) is 0.160. The second-order valence-corrected chi connectivity index (χ2v) is 7.68. The number of nitrogens with zero attached hydrogens (tertiary/aromatic N) is 1. The summed E-state index contributed by atoms with van der Waals surface area (Å²) in [5, 5.41) is 1.21. The van der Waals surface area contributed by atoms with Crippen LogP contribution in [0.15, 0.2) is 97.1 Å². The van der Waals surface area contributed by atoms with Crippen molar-refractivity contribution in [3.05, 3.63) is 103 Å². The Hall–Kier alpha value is -2.93. The van der Waals surface area contributed by atoms with Gasteiger partial charge in [0.25, 0.3) is 0 Å². The molecule has 0 aliphatic heterocycles. The van der Waals surface area contributed by atoms with Gasteiger partial charge in [-0.25, -0.2) is 0 Å². The molecule has 0 amide bonds. The number of hydrogen-bond acceptors (Lipinski definition) is 1. The molecule has 2 aromatic carbocycles. The zero-order chi connectivity index (χ0) is 17.1. The Morgan fingerprint density at radius 3 is 2.04 bits per heavy atom. The lowest BCUT2D eigenvalue weighted by Gasteiger charge is -2.23. The summed E-state index contributed by atoms with van der Waals surface area (Å²) in [4.78, 5) is 5.09. The van der Waals surface area contributed by atoms with Gasteiger partial charge < -0.3 is 0 Å². The van der Waals surface area contributed by atoms with Crippen molar-refractivity contribution in [3.8, 4) is 11.1 Å². The second-order valence-electron chi connectivity index (χ2n) is 7.68. The minimum atomic E-state index is -0.185. The zero-order valence-electron chi connectivity index (χ0n) is 14.4. The molecule has 26 heavy (non-hydrogen) atoms. The van der Waals surface area contributed by atoms with Gasteiger partial charge in [0.05, 0.1) is 16.6 Å². The molecule has 0 spiro atoms. The van der Waals surface area contributed by atoms with Gasteiger partial charge in [0.1, 0.15) is 0 Å². The summed E-state index contributed by atoms with van der Waals surface area (Å²) < 4.78 is 0. The van der Waals surface area contributed by atoms with Crippen LogP contribution in [0.2, 0.25) is 0 Å². The summed E-state index contributed by atoms with van der Waals surface area (Å²) in [5.41, 5.74) is 4.47. The molecule has 4 aliphatic rings. The highest BCUT2D eigenvalue weighted by molar-refractivity contribution is 5.94. The monoisotopic (exact) mass is 333 g/mol. The fourth-order valence-corrected chi connectivity index (χ4v) is 4.65. The van der Waals surface area contributed by atoms with E-state index in [0.717, 1.165) is 11.2 Å². The number of hydrogen-bond donors (Lipinski definition) is 0. The third-order valence-electron chi connectivity index (χ3n) is 6.24. The van der Waals surface area contributed by atoms with Crippen molar-refractivity contribution in [3.63, 3.8) is 0 Å². The largest absolute Gasteiger partial charge is 0.251 e. The SMILES string of the molecule is C1=CC2(c3ccc4c(-c5ccccc5)cccc4n3)C=CC3C1C3C=C2. The van der Waals surface area contributed by atoms with Crippen molar-refractivity contribution in [2.24, 2.45) is 17.8 Å². The first-order chi connectivity index (χ1) is 12.8. The van der Waals surface area contributed by atoms with Crippen molar-refractivity contribution >= 4 is 10.9 Å². The van der Waals surface area contributed by atoms with E-state index in [9.17, 15) is 0 Å². The Morgan fingerprint density at radius 1 is 0.654 bits per heavy atom. The van der Waals surface area contributed by atoms with Crippen LogP contribution in [-0.4, -0.2) is 4.98 Å². The second kappa shape index (κ2) is 5.04. The normalized spacial score (nSPS) is 30.4. The van der Waals surface area contributed by atoms with Crippen LogP contribution in [0.4, 0.5) is 0 Å². The lowest BCUT2D eigenvalue weighted by Crippen LogP contribution is -2.18. The molecule has 0 radical (unpaired) electrons. The van der Waals surface area contributed by atoms with E-state index in [4.69, 9.17) is 4.98 Å². The summed E-state index contributed by atoms with van der Waals surface area (Å²) in [5.74, 6) is 2.12. The van der Waals surface area contributed by atoms with Crippen LogP contribution < -0.4 is 0 Å². The first-order valence-corrected chi connectivity index (χ1v) is 9.38. The minimum Gasteiger partial charge on any atom is -0.251 e. The maximum atomic E-state index is 5.09. The predicted molar refractivity (Wildman–Crippen MR) is 107 cm³/mol. The van der Waals surface area contributed by atoms with Crippen LogP contribution in [0.25, 0.3) is 22.0 Å². The van der Waals surface area contributed by atoms with E-state index >= 15 is 0 Å². The average molecular weight is 333 g/mol. The number of benzene rings is 2. The van der Waals surface area contributed by atoms with Gasteiger partial charge in [-0.3, -0.25) is 4.98 Å². The van der Waals surface area contributed by atoms with Crippen molar-refractivity contribution < 1.29 is 0 Å². The molecular weight excluding hydrogens is 314 g/mol. The molecule has 4 aliphatic carbocycles. The quantitative estimate of drug-likeness (QED) is 0.548. The summed E-state index contributed by atoms with van der Waals surface area (Å²) in [6, 6.07) is 21.4. The molecule has 124 valence electrons. The third kappa shape index (κ3) is 1.94. The average Bonchev–Trinajstić information content (AvgIpc) is 3.46. The molecule has 0 unspecified atom stereocenters. The van der Waals surface area contributed by atoms with Crippen LogP contribution in [-0.2, 0) is 5.41 Å². The third-order valence-corrected chi connectivity index (χ3v) is 6.24. The van der Waals surface area contributed by atoms with E-state index in [0.29, 0.717) is 17.8 Å². The molecule has 3 aromatic rings. The molecule has 4 bridgehead atoms. The summed E-state index contributed by atoms with van der Waals surface area (Å²) in [6.45, 7) is 0. The van der Waals surface area contributed by atoms with Crippen molar-refractivity contribution in [2.45, 2.75) is 5.41 Å². The Kier molecular flexibility index (Phi) is 2.77. The van der Waals surface area contributed by atoms with Gasteiger partial charge in [-0.2, -0.15) is 0 Å². The summed E-state index contributed by atoms with van der Waals surface area (Å²) in [6.07, 6.45) is 14.3. The van der Waals surface area contributed by atoms with E-state index in [-0.39, 0.29) is 5.41 Å². The molecule has 1 heterocycles. The standard InChI is InChI=1S/C25H19N/c1-2-5-17(6-3-1)18-7-4-8-23-22(18)9-10-24(26-23)25-14-11-19-20(12-15-25)21(19)13-16-25/h1-16,19-21H. The Morgan fingerprint density at radius 2 is 1.35 bits per heavy atom. The highest BCUT2D eigenvalue weighted by Crippen LogP contribution is 2.55. The van der Waals surface area contributed by atoms with Crippen LogP contribution in [0, 0.1) is 17.8 Å². The molecule has 1 aromatic heterocycles. The van der Waals surface area contributed by atoms with Gasteiger partial charge >= 0.3 is 0 Å². The highest BCUT2D eigenvalue weighted by atomic mass is 14.7. The number of aromatic nitrogens is 1. The molecule has 0 N–H and O–H groups in total. The van der Waals surface area contributed by atoms with Gasteiger partial charge in [0, 0.05) is 5.39 Å². The molecule has 1 heteroatoms. The van der Waals surface area contributed by atoms with Gasteiger partial charge in [0.15, 0.2) is 0 Å². The summed E-state index contributed by atoms with van der Waals surface area (Å²) >= 11 is 0. The molecule has 0 atom stereocenters. The molecule has 1 fully saturated rings. The maximum Gasteiger partial charge on any atom is 0.0712 e. The van der Waals surface area contributed by atoms with E-state index in [1.807, 2.05) is 0 Å². The van der Waals surface area contributed by atoms with Crippen LogP contribution in [0.5, 0.6) is 0 Å². The molecular formula is C25H19N. The molecule has 1 nitrogen and oxygen atoms in total. The zero-order valence-corrected chi connectivity index (χ0v) is 14.4. The van der Waals surface area contributed by atoms with Gasteiger partial charge in [0.2, 0.25) is 0 Å². The van der Waals surface area contributed by atoms with E-state index in [1.54, 1.807) is 0 Å². The lowest BCUT2D eigenvalue weighted by atomic mass is 9.83. The predicted octanol–water partition coefficient (Wildman–Crippen LogP) is 5.70. The molecule has 7 rings (SSSR count). The smallest absolute Gasteiger partial charge is 0.0712 e. The Balaban J connectivity index is 1.53. The minimum absolute atomic E-state index is 0.185. The van der Waals surface area contributed by atoms with Crippen molar-refractivity contribution in [1.82, 2.24) is 4.98 Å². The summed E-state index contributed by atoms with van der Waals surface area (Å²) in [7, 11) is 0. The lowest BCUT2D eigenvalue weighted by molar-refractivity contribution is 0.819. The van der Waals surface area contributed by atoms with Gasteiger partial charge in [-0.15, -0.1) is 0 Å². The fourth-order valence-electron chi connectivity index (χ4n) is 4.65.